The summed E-state index contributed by atoms with van der Waals surface area (Å²) >= 11 is 1.79. The first-order valence-corrected chi connectivity index (χ1v) is 7.17. The second-order valence-electron chi connectivity index (χ2n) is 4.89. The molecule has 0 bridgehead atoms. The van der Waals surface area contributed by atoms with Crippen molar-refractivity contribution in [3.8, 4) is 0 Å². The highest BCUT2D eigenvalue weighted by molar-refractivity contribution is 7.18. The van der Waals surface area contributed by atoms with Crippen LogP contribution < -0.4 is 5.32 Å². The summed E-state index contributed by atoms with van der Waals surface area (Å²) in [6.45, 7) is 10.3. The standard InChI is InChI=1S/C15H20N2S/c1-4-15(3,11-16-5-2)10-14-17-12-8-6-7-9-13(12)18-14/h4,6-9,16H,1,5,10-11H2,2-3H3. The van der Waals surface area contributed by atoms with Gasteiger partial charge in [-0.15, -0.1) is 17.9 Å². The van der Waals surface area contributed by atoms with Gasteiger partial charge in [0.25, 0.3) is 0 Å². The minimum Gasteiger partial charge on any atom is -0.316 e. The van der Waals surface area contributed by atoms with Gasteiger partial charge < -0.3 is 5.32 Å². The molecule has 0 spiro atoms. The Hall–Kier alpha value is -1.19. The minimum atomic E-state index is 0.0733. The molecule has 1 atom stereocenters. The third-order valence-corrected chi connectivity index (χ3v) is 4.20. The second-order valence-corrected chi connectivity index (χ2v) is 6.01. The van der Waals surface area contributed by atoms with E-state index >= 15 is 0 Å². The number of nitrogens with one attached hydrogen (secondary N) is 1. The zero-order chi connectivity index (χ0) is 13.0. The van der Waals surface area contributed by atoms with Gasteiger partial charge in [0.15, 0.2) is 0 Å². The molecule has 96 valence electrons. The van der Waals surface area contributed by atoms with Crippen molar-refractivity contribution in [1.29, 1.82) is 0 Å². The van der Waals surface area contributed by atoms with Gasteiger partial charge in [0.2, 0.25) is 0 Å². The fourth-order valence-electron chi connectivity index (χ4n) is 1.96. The Kier molecular flexibility index (Phi) is 4.15. The van der Waals surface area contributed by atoms with Crippen LogP contribution in [0, 0.1) is 5.41 Å². The molecular formula is C15H20N2S. The Morgan fingerprint density at radius 3 is 2.89 bits per heavy atom. The lowest BCUT2D eigenvalue weighted by Gasteiger charge is -2.24. The number of nitrogens with zero attached hydrogens (tertiary/aromatic N) is 1. The highest BCUT2D eigenvalue weighted by Gasteiger charge is 2.22. The van der Waals surface area contributed by atoms with Gasteiger partial charge in [-0.2, -0.15) is 0 Å². The van der Waals surface area contributed by atoms with Crippen molar-refractivity contribution in [3.63, 3.8) is 0 Å². The van der Waals surface area contributed by atoms with Crippen LogP contribution in [0.15, 0.2) is 36.9 Å². The van der Waals surface area contributed by atoms with E-state index in [0.717, 1.165) is 25.0 Å². The van der Waals surface area contributed by atoms with E-state index in [0.29, 0.717) is 0 Å². The van der Waals surface area contributed by atoms with Crippen molar-refractivity contribution in [2.45, 2.75) is 20.3 Å². The summed E-state index contributed by atoms with van der Waals surface area (Å²) < 4.78 is 1.27. The monoisotopic (exact) mass is 260 g/mol. The zero-order valence-corrected chi connectivity index (χ0v) is 11.9. The molecule has 0 aliphatic heterocycles. The van der Waals surface area contributed by atoms with Gasteiger partial charge in [0.1, 0.15) is 0 Å². The highest BCUT2D eigenvalue weighted by Crippen LogP contribution is 2.28. The van der Waals surface area contributed by atoms with E-state index in [2.05, 4.69) is 43.9 Å². The van der Waals surface area contributed by atoms with Crippen molar-refractivity contribution < 1.29 is 0 Å². The van der Waals surface area contributed by atoms with E-state index in [9.17, 15) is 0 Å². The average molecular weight is 260 g/mol. The summed E-state index contributed by atoms with van der Waals surface area (Å²) in [5, 5.41) is 4.59. The Labute approximate surface area is 113 Å². The average Bonchev–Trinajstić information content (AvgIpc) is 2.78. The molecule has 2 rings (SSSR count). The summed E-state index contributed by atoms with van der Waals surface area (Å²) in [4.78, 5) is 4.70. The van der Waals surface area contributed by atoms with E-state index in [-0.39, 0.29) is 5.41 Å². The third-order valence-electron chi connectivity index (χ3n) is 3.16. The van der Waals surface area contributed by atoms with Gasteiger partial charge >= 0.3 is 0 Å². The molecule has 2 aromatic rings. The van der Waals surface area contributed by atoms with E-state index in [1.165, 1.54) is 9.71 Å². The van der Waals surface area contributed by atoms with Gasteiger partial charge in [-0.05, 0) is 18.7 Å². The maximum absolute atomic E-state index is 4.70. The molecule has 1 N–H and O–H groups in total. The van der Waals surface area contributed by atoms with E-state index in [1.54, 1.807) is 11.3 Å². The van der Waals surface area contributed by atoms with Crippen molar-refractivity contribution in [2.24, 2.45) is 5.41 Å². The first kappa shape index (κ1) is 13.2. The molecular weight excluding hydrogens is 240 g/mol. The molecule has 0 aliphatic carbocycles. The van der Waals surface area contributed by atoms with Gasteiger partial charge in [-0.1, -0.05) is 32.1 Å². The number of para-hydroxylation sites is 1. The predicted molar refractivity (Wildman–Crippen MR) is 80.2 cm³/mol. The smallest absolute Gasteiger partial charge is 0.0947 e. The van der Waals surface area contributed by atoms with Crippen LogP contribution in [0.5, 0.6) is 0 Å². The minimum absolute atomic E-state index is 0.0733. The Bertz CT molecular complexity index is 499. The van der Waals surface area contributed by atoms with E-state index < -0.39 is 0 Å². The van der Waals surface area contributed by atoms with Gasteiger partial charge in [0, 0.05) is 18.4 Å². The fourth-order valence-corrected chi connectivity index (χ4v) is 3.12. The molecule has 18 heavy (non-hydrogen) atoms. The lowest BCUT2D eigenvalue weighted by Crippen LogP contribution is -2.31. The van der Waals surface area contributed by atoms with Gasteiger partial charge in [-0.3, -0.25) is 0 Å². The van der Waals surface area contributed by atoms with Crippen LogP contribution >= 0.6 is 11.3 Å². The quantitative estimate of drug-likeness (QED) is 0.802. The number of fused-ring (bicyclic) bond motifs is 1. The lowest BCUT2D eigenvalue weighted by atomic mass is 9.87. The molecule has 1 heterocycles. The molecule has 0 fully saturated rings. The van der Waals surface area contributed by atoms with E-state index in [4.69, 9.17) is 4.98 Å². The van der Waals surface area contributed by atoms with Gasteiger partial charge in [-0.25, -0.2) is 4.98 Å². The normalized spacial score (nSPS) is 14.6. The van der Waals surface area contributed by atoms with Crippen LogP contribution in [0.3, 0.4) is 0 Å². The number of benzene rings is 1. The van der Waals surface area contributed by atoms with Crippen molar-refractivity contribution in [2.75, 3.05) is 13.1 Å². The second kappa shape index (κ2) is 5.63. The molecule has 0 saturated carbocycles. The highest BCUT2D eigenvalue weighted by atomic mass is 32.1. The topological polar surface area (TPSA) is 24.9 Å². The molecule has 1 aromatic heterocycles. The van der Waals surface area contributed by atoms with Crippen molar-refractivity contribution in [1.82, 2.24) is 10.3 Å². The SMILES string of the molecule is C=CC(C)(CNCC)Cc1nc2ccccc2s1. The third kappa shape index (κ3) is 2.98. The zero-order valence-electron chi connectivity index (χ0n) is 11.1. The number of hydrogen-bond acceptors (Lipinski definition) is 3. The molecule has 3 heteroatoms. The predicted octanol–water partition coefficient (Wildman–Crippen LogP) is 3.64. The van der Waals surface area contributed by atoms with Crippen molar-refractivity contribution in [3.05, 3.63) is 41.9 Å². The molecule has 0 radical (unpaired) electrons. The van der Waals surface area contributed by atoms with E-state index in [1.807, 2.05) is 12.1 Å². The summed E-state index contributed by atoms with van der Waals surface area (Å²) in [6, 6.07) is 8.31. The molecule has 0 amide bonds. The maximum atomic E-state index is 4.70. The van der Waals surface area contributed by atoms with Crippen LogP contribution in [0.2, 0.25) is 0 Å². The fraction of sp³-hybridized carbons (Fsp3) is 0.400. The van der Waals surface area contributed by atoms with Crippen LogP contribution in [-0.4, -0.2) is 18.1 Å². The molecule has 0 aliphatic rings. The lowest BCUT2D eigenvalue weighted by molar-refractivity contribution is 0.395. The summed E-state index contributed by atoms with van der Waals surface area (Å²) in [5.41, 5.74) is 1.18. The first-order chi connectivity index (χ1) is 8.67. The van der Waals surface area contributed by atoms with Gasteiger partial charge in [0.05, 0.1) is 15.2 Å². The number of thiazole rings is 1. The summed E-state index contributed by atoms with van der Waals surface area (Å²) in [6.07, 6.45) is 2.99. The van der Waals surface area contributed by atoms with Crippen molar-refractivity contribution >= 4 is 21.6 Å². The molecule has 2 nitrogen and oxygen atoms in total. The number of aromatic nitrogens is 1. The summed E-state index contributed by atoms with van der Waals surface area (Å²) in [7, 11) is 0. The Balaban J connectivity index is 2.18. The number of hydrogen-bond donors (Lipinski definition) is 1. The summed E-state index contributed by atoms with van der Waals surface area (Å²) in [5.74, 6) is 0. The van der Waals surface area contributed by atoms with Crippen LogP contribution in [0.25, 0.3) is 10.2 Å². The molecule has 1 unspecified atom stereocenters. The Morgan fingerprint density at radius 1 is 1.44 bits per heavy atom. The van der Waals surface area contributed by atoms with Crippen LogP contribution in [0.1, 0.15) is 18.9 Å². The van der Waals surface area contributed by atoms with Crippen LogP contribution in [-0.2, 0) is 6.42 Å². The largest absolute Gasteiger partial charge is 0.316 e. The molecule has 1 aromatic carbocycles. The first-order valence-electron chi connectivity index (χ1n) is 6.35. The maximum Gasteiger partial charge on any atom is 0.0947 e. The Morgan fingerprint density at radius 2 is 2.22 bits per heavy atom. The van der Waals surface area contributed by atoms with Crippen LogP contribution in [0.4, 0.5) is 0 Å². The number of rotatable bonds is 6. The molecule has 0 saturated heterocycles.